The lowest BCUT2D eigenvalue weighted by molar-refractivity contribution is 0.0109. The van der Waals surface area contributed by atoms with E-state index >= 15 is 0 Å². The second kappa shape index (κ2) is 4.58. The first-order valence-corrected chi connectivity index (χ1v) is 8.64. The first-order valence-electron chi connectivity index (χ1n) is 4.94. The van der Waals surface area contributed by atoms with Gasteiger partial charge in [-0.1, -0.05) is 18.7 Å². The minimum atomic E-state index is -1.44. The molecule has 0 radical (unpaired) electrons. The third-order valence-electron chi connectivity index (χ3n) is 2.74. The molecule has 1 aliphatic heterocycles. The zero-order valence-corrected chi connectivity index (χ0v) is 10.9. The quantitative estimate of drug-likeness (QED) is 0.719. The summed E-state index contributed by atoms with van der Waals surface area (Å²) in [5, 5.41) is 12.6. The number of nitrogens with one attached hydrogen (secondary N) is 1. The van der Waals surface area contributed by atoms with Crippen molar-refractivity contribution in [1.29, 1.82) is 0 Å². The molecular formula is C9H20NO2PS. The molecule has 0 amide bonds. The van der Waals surface area contributed by atoms with Crippen LogP contribution in [0.3, 0.4) is 0 Å². The maximum Gasteiger partial charge on any atom is 0.0968 e. The maximum absolute atomic E-state index is 9.18. The first-order chi connectivity index (χ1) is 6.35. The molecule has 0 bridgehead atoms. The lowest BCUT2D eigenvalue weighted by atomic mass is 9.98. The third kappa shape index (κ3) is 3.01. The molecule has 0 saturated carbocycles. The maximum atomic E-state index is 9.18. The smallest absolute Gasteiger partial charge is 0.0968 e. The Morgan fingerprint density at radius 1 is 1.43 bits per heavy atom. The molecule has 0 spiro atoms. The summed E-state index contributed by atoms with van der Waals surface area (Å²) in [6.07, 6.45) is -1.33. The number of ether oxygens (including phenoxy) is 1. The van der Waals surface area contributed by atoms with Crippen LogP contribution >= 0.6 is 6.19 Å². The van der Waals surface area contributed by atoms with Gasteiger partial charge in [0.2, 0.25) is 0 Å². The summed E-state index contributed by atoms with van der Waals surface area (Å²) < 4.78 is 5.64. The van der Waals surface area contributed by atoms with E-state index in [1.165, 1.54) is 0 Å². The molecule has 0 aromatic carbocycles. The second-order valence-electron chi connectivity index (χ2n) is 4.43. The highest BCUT2D eigenvalue weighted by Gasteiger charge is 2.39. The highest BCUT2D eigenvalue weighted by molar-refractivity contribution is 8.13. The van der Waals surface area contributed by atoms with E-state index < -0.39 is 6.19 Å². The molecule has 3 nitrogen and oxygen atoms in total. The van der Waals surface area contributed by atoms with Gasteiger partial charge in [-0.05, 0) is 20.3 Å². The molecule has 1 unspecified atom stereocenters. The van der Waals surface area contributed by atoms with Crippen LogP contribution in [0.4, 0.5) is 0 Å². The van der Waals surface area contributed by atoms with Gasteiger partial charge in [0.1, 0.15) is 0 Å². The molecule has 1 fully saturated rings. The van der Waals surface area contributed by atoms with Gasteiger partial charge in [0, 0.05) is 18.1 Å². The van der Waals surface area contributed by atoms with E-state index in [0.29, 0.717) is 5.92 Å². The molecule has 0 aliphatic carbocycles. The van der Waals surface area contributed by atoms with E-state index in [0.717, 1.165) is 0 Å². The Labute approximate surface area is 91.3 Å². The fourth-order valence-corrected chi connectivity index (χ4v) is 3.32. The van der Waals surface area contributed by atoms with Crippen molar-refractivity contribution in [3.63, 3.8) is 0 Å². The summed E-state index contributed by atoms with van der Waals surface area (Å²) in [5.41, 5.74) is 0. The zero-order valence-electron chi connectivity index (χ0n) is 9.23. The van der Waals surface area contributed by atoms with Gasteiger partial charge in [-0.3, -0.25) is 5.09 Å². The summed E-state index contributed by atoms with van der Waals surface area (Å²) in [6.45, 7) is 8.38. The molecule has 14 heavy (non-hydrogen) atoms. The van der Waals surface area contributed by atoms with Crippen LogP contribution in [0.1, 0.15) is 13.8 Å². The zero-order chi connectivity index (χ0) is 10.9. The number of hydrogen-bond acceptors (Lipinski definition) is 3. The van der Waals surface area contributed by atoms with Crippen LogP contribution in [-0.2, 0) is 16.5 Å². The molecule has 1 rings (SSSR count). The molecule has 84 valence electrons. The van der Waals surface area contributed by atoms with E-state index in [1.54, 1.807) is 0 Å². The third-order valence-corrected chi connectivity index (χ3v) is 3.97. The molecule has 5 heteroatoms. The normalized spacial score (nSPS) is 38.9. The van der Waals surface area contributed by atoms with E-state index in [9.17, 15) is 5.11 Å². The highest BCUT2D eigenvalue weighted by Crippen LogP contribution is 2.37. The SMILES string of the molecule is CC1[C@H](C)O[C@H](CO)[C@@H]1NP(C)(C)=S. The minimum absolute atomic E-state index is 0.0711. The molecule has 1 heterocycles. The largest absolute Gasteiger partial charge is 0.394 e. The van der Waals surface area contributed by atoms with Gasteiger partial charge < -0.3 is 9.84 Å². The van der Waals surface area contributed by atoms with E-state index in [1.807, 2.05) is 6.92 Å². The van der Waals surface area contributed by atoms with Crippen molar-refractivity contribution in [3.8, 4) is 0 Å². The Morgan fingerprint density at radius 2 is 2.00 bits per heavy atom. The average molecular weight is 237 g/mol. The van der Waals surface area contributed by atoms with Crippen LogP contribution in [0.25, 0.3) is 0 Å². The van der Waals surface area contributed by atoms with Crippen molar-refractivity contribution in [3.05, 3.63) is 0 Å². The summed E-state index contributed by atoms with van der Waals surface area (Å²) in [6, 6.07) is 0.204. The van der Waals surface area contributed by atoms with Crippen molar-refractivity contribution in [1.82, 2.24) is 5.09 Å². The van der Waals surface area contributed by atoms with Crippen LogP contribution in [0.2, 0.25) is 0 Å². The minimum Gasteiger partial charge on any atom is -0.394 e. The highest BCUT2D eigenvalue weighted by atomic mass is 32.4. The van der Waals surface area contributed by atoms with Crippen LogP contribution in [0.5, 0.6) is 0 Å². The molecule has 4 atom stereocenters. The van der Waals surface area contributed by atoms with Gasteiger partial charge in [0.25, 0.3) is 0 Å². The summed E-state index contributed by atoms with van der Waals surface area (Å²) in [5.74, 6) is 0.411. The van der Waals surface area contributed by atoms with Gasteiger partial charge >= 0.3 is 0 Å². The number of aliphatic hydroxyl groups is 1. The first kappa shape index (κ1) is 12.6. The van der Waals surface area contributed by atoms with E-state index in [-0.39, 0.29) is 24.9 Å². The predicted molar refractivity (Wildman–Crippen MR) is 63.6 cm³/mol. The van der Waals surface area contributed by atoms with Crippen LogP contribution < -0.4 is 5.09 Å². The molecule has 2 N–H and O–H groups in total. The van der Waals surface area contributed by atoms with E-state index in [2.05, 4.69) is 25.3 Å². The summed E-state index contributed by atoms with van der Waals surface area (Å²) in [4.78, 5) is 0. The Bertz CT molecular complexity index is 243. The fraction of sp³-hybridized carbons (Fsp3) is 1.00. The summed E-state index contributed by atoms with van der Waals surface area (Å²) >= 11 is 5.38. The van der Waals surface area contributed by atoms with Crippen molar-refractivity contribution in [2.45, 2.75) is 32.1 Å². The lowest BCUT2D eigenvalue weighted by Gasteiger charge is -2.25. The molecular weight excluding hydrogens is 217 g/mol. The molecule has 0 aromatic rings. The van der Waals surface area contributed by atoms with Crippen LogP contribution in [-0.4, -0.2) is 43.3 Å². The van der Waals surface area contributed by atoms with E-state index in [4.69, 9.17) is 16.5 Å². The second-order valence-corrected chi connectivity index (χ2v) is 10.1. The number of rotatable bonds is 3. The Balaban J connectivity index is 2.69. The predicted octanol–water partition coefficient (Wildman–Crippen LogP) is 1.01. The van der Waals surface area contributed by atoms with Gasteiger partial charge in [-0.15, -0.1) is 0 Å². The standard InChI is InChI=1S/C9H20NO2PS/c1-6-7(2)12-8(5-11)9(6)10-13(3,4)14/h6-9,11H,5H2,1-4H3,(H,10,14)/t6?,7-,8+,9+/m0/s1. The van der Waals surface area contributed by atoms with Gasteiger partial charge in [-0.25, -0.2) is 0 Å². The van der Waals surface area contributed by atoms with Gasteiger partial charge in [0.05, 0.1) is 18.8 Å². The fourth-order valence-electron chi connectivity index (χ4n) is 1.83. The van der Waals surface area contributed by atoms with Crippen molar-refractivity contribution in [2.24, 2.45) is 5.92 Å². The molecule has 1 saturated heterocycles. The lowest BCUT2D eigenvalue weighted by Crippen LogP contribution is -2.40. The average Bonchev–Trinajstić information content (AvgIpc) is 2.30. The van der Waals surface area contributed by atoms with Gasteiger partial charge in [0.15, 0.2) is 0 Å². The Kier molecular flexibility index (Phi) is 4.12. The summed E-state index contributed by atoms with van der Waals surface area (Å²) in [7, 11) is 0. The number of aliphatic hydroxyl groups excluding tert-OH is 1. The van der Waals surface area contributed by atoms with Crippen LogP contribution in [0.15, 0.2) is 0 Å². The molecule has 0 aromatic heterocycles. The van der Waals surface area contributed by atoms with Crippen molar-refractivity contribution in [2.75, 3.05) is 19.9 Å². The Morgan fingerprint density at radius 3 is 2.43 bits per heavy atom. The van der Waals surface area contributed by atoms with Gasteiger partial charge in [-0.2, -0.15) is 0 Å². The molecule has 1 aliphatic rings. The number of hydrogen-bond donors (Lipinski definition) is 2. The monoisotopic (exact) mass is 237 g/mol. The van der Waals surface area contributed by atoms with Crippen molar-refractivity contribution >= 4 is 18.0 Å². The Hall–Kier alpha value is 0.530. The topological polar surface area (TPSA) is 41.5 Å². The van der Waals surface area contributed by atoms with Crippen LogP contribution in [0, 0.1) is 5.92 Å². The van der Waals surface area contributed by atoms with Crippen molar-refractivity contribution < 1.29 is 9.84 Å².